The molecule has 0 unspecified atom stereocenters. The number of aromatic nitrogens is 1. The Morgan fingerprint density at radius 2 is 1.61 bits per heavy atom. The molecular formula is C13H9N3O2. The van der Waals surface area contributed by atoms with Gasteiger partial charge in [-0.1, -0.05) is 12.1 Å². The van der Waals surface area contributed by atoms with Crippen LogP contribution in [0.5, 0.6) is 0 Å². The van der Waals surface area contributed by atoms with Crippen LogP contribution in [0.4, 0.5) is 11.4 Å². The van der Waals surface area contributed by atoms with Crippen LogP contribution in [0.3, 0.4) is 0 Å². The fraction of sp³-hybridized carbons (Fsp3) is 0. The van der Waals surface area contributed by atoms with Crippen molar-refractivity contribution in [3.8, 4) is 0 Å². The molecule has 1 aromatic carbocycles. The van der Waals surface area contributed by atoms with Gasteiger partial charge in [0.2, 0.25) is 0 Å². The average Bonchev–Trinajstić information content (AvgIpc) is 2.64. The lowest BCUT2D eigenvalue weighted by Gasteiger charge is -2.15. The van der Waals surface area contributed by atoms with Crippen molar-refractivity contribution >= 4 is 23.2 Å². The number of nitrogens with zero attached hydrogens (tertiary/aromatic N) is 2. The molecule has 3 rings (SSSR count). The van der Waals surface area contributed by atoms with E-state index in [1.54, 1.807) is 30.3 Å². The van der Waals surface area contributed by atoms with Crippen LogP contribution in [0.1, 0.15) is 20.7 Å². The van der Waals surface area contributed by atoms with E-state index in [-0.39, 0.29) is 11.8 Å². The molecule has 2 amide bonds. The number of benzene rings is 1. The van der Waals surface area contributed by atoms with Gasteiger partial charge in [0.05, 0.1) is 28.7 Å². The van der Waals surface area contributed by atoms with Crippen LogP contribution in [0, 0.1) is 0 Å². The maximum Gasteiger partial charge on any atom is 0.266 e. The zero-order valence-corrected chi connectivity index (χ0v) is 9.33. The Balaban J connectivity index is 2.16. The smallest absolute Gasteiger partial charge is 0.266 e. The normalized spacial score (nSPS) is 13.9. The maximum absolute atomic E-state index is 12.2. The first-order valence-corrected chi connectivity index (χ1v) is 5.37. The standard InChI is InChI=1S/C13H9N3O2/c14-10-7-15-6-5-11(10)16-12(17)8-3-1-2-4-9(8)13(16)18/h1-7H,14H2. The second-order valence-electron chi connectivity index (χ2n) is 3.93. The predicted molar refractivity (Wildman–Crippen MR) is 66.2 cm³/mol. The number of imide groups is 1. The fourth-order valence-electron chi connectivity index (χ4n) is 2.01. The van der Waals surface area contributed by atoms with Crippen molar-refractivity contribution in [2.75, 3.05) is 10.6 Å². The molecule has 2 aromatic rings. The molecule has 0 saturated heterocycles. The van der Waals surface area contributed by atoms with Crippen LogP contribution >= 0.6 is 0 Å². The maximum atomic E-state index is 12.2. The molecular weight excluding hydrogens is 230 g/mol. The number of rotatable bonds is 1. The highest BCUT2D eigenvalue weighted by Gasteiger charge is 2.36. The summed E-state index contributed by atoms with van der Waals surface area (Å²) >= 11 is 0. The summed E-state index contributed by atoms with van der Waals surface area (Å²) in [6.07, 6.45) is 2.91. The third kappa shape index (κ3) is 1.31. The van der Waals surface area contributed by atoms with Crippen LogP contribution in [0.15, 0.2) is 42.7 Å². The average molecular weight is 239 g/mol. The van der Waals surface area contributed by atoms with E-state index in [4.69, 9.17) is 5.73 Å². The molecule has 0 aliphatic carbocycles. The zero-order valence-electron chi connectivity index (χ0n) is 9.33. The second kappa shape index (κ2) is 3.66. The van der Waals surface area contributed by atoms with Crippen molar-refractivity contribution in [2.24, 2.45) is 0 Å². The van der Waals surface area contributed by atoms with Gasteiger partial charge in [-0.3, -0.25) is 14.6 Å². The van der Waals surface area contributed by atoms with E-state index in [1.165, 1.54) is 12.4 Å². The number of fused-ring (bicyclic) bond motifs is 1. The molecule has 5 heteroatoms. The highest BCUT2D eigenvalue weighted by molar-refractivity contribution is 6.35. The summed E-state index contributed by atoms with van der Waals surface area (Å²) in [6.45, 7) is 0. The lowest BCUT2D eigenvalue weighted by Crippen LogP contribution is -2.30. The van der Waals surface area contributed by atoms with Gasteiger partial charge >= 0.3 is 0 Å². The number of carbonyl (C=O) groups is 2. The van der Waals surface area contributed by atoms with Crippen molar-refractivity contribution < 1.29 is 9.59 Å². The zero-order chi connectivity index (χ0) is 12.7. The van der Waals surface area contributed by atoms with Gasteiger partial charge in [0.1, 0.15) is 0 Å². The van der Waals surface area contributed by atoms with Gasteiger partial charge in [0, 0.05) is 6.20 Å². The number of amides is 2. The van der Waals surface area contributed by atoms with E-state index < -0.39 is 0 Å². The first kappa shape index (κ1) is 10.5. The summed E-state index contributed by atoms with van der Waals surface area (Å²) in [7, 11) is 0. The molecule has 5 nitrogen and oxygen atoms in total. The Kier molecular flexibility index (Phi) is 2.13. The minimum absolute atomic E-state index is 0.298. The molecule has 0 spiro atoms. The van der Waals surface area contributed by atoms with Gasteiger partial charge in [-0.2, -0.15) is 0 Å². The number of pyridine rings is 1. The van der Waals surface area contributed by atoms with Crippen molar-refractivity contribution in [3.63, 3.8) is 0 Å². The van der Waals surface area contributed by atoms with E-state index in [1.807, 2.05) is 0 Å². The number of hydrogen-bond acceptors (Lipinski definition) is 4. The molecule has 88 valence electrons. The number of hydrogen-bond donors (Lipinski definition) is 1. The summed E-state index contributed by atoms with van der Waals surface area (Å²) in [4.78, 5) is 29.3. The molecule has 0 saturated carbocycles. The van der Waals surface area contributed by atoms with Crippen molar-refractivity contribution in [1.29, 1.82) is 0 Å². The van der Waals surface area contributed by atoms with Crippen LogP contribution < -0.4 is 10.6 Å². The Hall–Kier alpha value is -2.69. The Morgan fingerprint density at radius 1 is 1.00 bits per heavy atom. The van der Waals surface area contributed by atoms with Crippen LogP contribution in [-0.2, 0) is 0 Å². The molecule has 2 heterocycles. The van der Waals surface area contributed by atoms with Crippen molar-refractivity contribution in [1.82, 2.24) is 4.98 Å². The third-order valence-corrected chi connectivity index (χ3v) is 2.86. The molecule has 0 bridgehead atoms. The van der Waals surface area contributed by atoms with Gasteiger partial charge in [0.15, 0.2) is 0 Å². The molecule has 0 radical (unpaired) electrons. The Bertz CT molecular complexity index is 632. The Morgan fingerprint density at radius 3 is 2.17 bits per heavy atom. The lowest BCUT2D eigenvalue weighted by atomic mass is 10.1. The van der Waals surface area contributed by atoms with Gasteiger partial charge in [0.25, 0.3) is 11.8 Å². The van der Waals surface area contributed by atoms with Gasteiger partial charge < -0.3 is 5.73 Å². The highest BCUT2D eigenvalue weighted by atomic mass is 16.2. The summed E-state index contributed by atoms with van der Waals surface area (Å²) in [5.41, 5.74) is 7.22. The minimum atomic E-state index is -0.353. The fourth-order valence-corrected chi connectivity index (χ4v) is 2.01. The number of anilines is 2. The number of carbonyl (C=O) groups excluding carboxylic acids is 2. The first-order valence-electron chi connectivity index (χ1n) is 5.37. The topological polar surface area (TPSA) is 76.3 Å². The molecule has 0 atom stereocenters. The van der Waals surface area contributed by atoms with E-state index in [0.29, 0.717) is 22.5 Å². The summed E-state index contributed by atoms with van der Waals surface area (Å²) in [6, 6.07) is 8.27. The number of nitrogen functional groups attached to an aromatic ring is 1. The van der Waals surface area contributed by atoms with Crippen molar-refractivity contribution in [2.45, 2.75) is 0 Å². The largest absolute Gasteiger partial charge is 0.396 e. The summed E-state index contributed by atoms with van der Waals surface area (Å²) in [5, 5.41) is 0. The second-order valence-corrected chi connectivity index (χ2v) is 3.93. The van der Waals surface area contributed by atoms with Crippen molar-refractivity contribution in [3.05, 3.63) is 53.9 Å². The van der Waals surface area contributed by atoms with E-state index in [9.17, 15) is 9.59 Å². The minimum Gasteiger partial charge on any atom is -0.396 e. The summed E-state index contributed by atoms with van der Waals surface area (Å²) < 4.78 is 0. The SMILES string of the molecule is Nc1cnccc1N1C(=O)c2ccccc2C1=O. The molecule has 1 aliphatic rings. The first-order chi connectivity index (χ1) is 8.70. The number of nitrogens with two attached hydrogens (primary N) is 1. The van der Waals surface area contributed by atoms with E-state index >= 15 is 0 Å². The van der Waals surface area contributed by atoms with Crippen LogP contribution in [0.2, 0.25) is 0 Å². The summed E-state index contributed by atoms with van der Waals surface area (Å²) in [5.74, 6) is -0.706. The highest BCUT2D eigenvalue weighted by Crippen LogP contribution is 2.31. The molecule has 1 aromatic heterocycles. The molecule has 0 fully saturated rings. The van der Waals surface area contributed by atoms with E-state index in [2.05, 4.69) is 4.98 Å². The third-order valence-electron chi connectivity index (χ3n) is 2.86. The van der Waals surface area contributed by atoms with Crippen LogP contribution in [0.25, 0.3) is 0 Å². The van der Waals surface area contributed by atoms with Gasteiger partial charge in [-0.15, -0.1) is 0 Å². The molecule has 1 aliphatic heterocycles. The van der Waals surface area contributed by atoms with Gasteiger partial charge in [-0.25, -0.2) is 4.90 Å². The monoisotopic (exact) mass is 239 g/mol. The molecule has 18 heavy (non-hydrogen) atoms. The molecule has 2 N–H and O–H groups in total. The van der Waals surface area contributed by atoms with Crippen LogP contribution in [-0.4, -0.2) is 16.8 Å². The van der Waals surface area contributed by atoms with E-state index in [0.717, 1.165) is 4.90 Å². The Labute approximate surface area is 103 Å². The van der Waals surface area contributed by atoms with Gasteiger partial charge in [-0.05, 0) is 18.2 Å². The predicted octanol–water partition coefficient (Wildman–Crippen LogP) is 1.46. The lowest BCUT2D eigenvalue weighted by molar-refractivity contribution is 0.0926. The quantitative estimate of drug-likeness (QED) is 0.764.